The molecular formula is C17H25N3O2. The number of carbonyl (C=O) groups excluding carboxylic acids is 1. The van der Waals surface area contributed by atoms with Crippen molar-refractivity contribution in [2.75, 3.05) is 13.1 Å². The molecule has 0 fully saturated rings. The second-order valence-electron chi connectivity index (χ2n) is 5.48. The zero-order chi connectivity index (χ0) is 16.1. The zero-order valence-corrected chi connectivity index (χ0v) is 13.7. The first-order valence-electron chi connectivity index (χ1n) is 8.09. The molecule has 0 aliphatic rings. The molecule has 5 nitrogen and oxygen atoms in total. The van der Waals surface area contributed by atoms with E-state index in [0.717, 1.165) is 37.0 Å². The number of benzene rings is 1. The number of fused-ring (bicyclic) bond motifs is 1. The van der Waals surface area contributed by atoms with Gasteiger partial charge in [-0.25, -0.2) is 4.79 Å². The van der Waals surface area contributed by atoms with Crippen LogP contribution < -0.4 is 5.69 Å². The van der Waals surface area contributed by atoms with E-state index in [2.05, 4.69) is 13.8 Å². The number of imidazole rings is 1. The van der Waals surface area contributed by atoms with E-state index >= 15 is 0 Å². The topological polar surface area (TPSA) is 47.2 Å². The lowest BCUT2D eigenvalue weighted by molar-refractivity contribution is -0.131. The molecule has 0 aliphatic heterocycles. The highest BCUT2D eigenvalue weighted by atomic mass is 16.2. The van der Waals surface area contributed by atoms with Crippen LogP contribution in [0.1, 0.15) is 33.6 Å². The van der Waals surface area contributed by atoms with Crippen molar-refractivity contribution < 1.29 is 4.79 Å². The third kappa shape index (κ3) is 3.08. The monoisotopic (exact) mass is 303 g/mol. The van der Waals surface area contributed by atoms with Gasteiger partial charge < -0.3 is 4.90 Å². The van der Waals surface area contributed by atoms with Crippen LogP contribution in [0.2, 0.25) is 0 Å². The van der Waals surface area contributed by atoms with Crippen molar-refractivity contribution in [3.05, 3.63) is 34.7 Å². The van der Waals surface area contributed by atoms with Gasteiger partial charge in [-0.1, -0.05) is 26.0 Å². The lowest BCUT2D eigenvalue weighted by Crippen LogP contribution is -2.37. The molecule has 5 heteroatoms. The molecule has 2 aromatic rings. The Kier molecular flexibility index (Phi) is 5.41. The maximum atomic E-state index is 12.5. The highest BCUT2D eigenvalue weighted by Crippen LogP contribution is 2.13. The lowest BCUT2D eigenvalue weighted by Gasteiger charge is -2.21. The predicted molar refractivity (Wildman–Crippen MR) is 89.0 cm³/mol. The summed E-state index contributed by atoms with van der Waals surface area (Å²) >= 11 is 0. The summed E-state index contributed by atoms with van der Waals surface area (Å²) in [4.78, 5) is 26.9. The van der Waals surface area contributed by atoms with Gasteiger partial charge in [0.05, 0.1) is 11.0 Å². The van der Waals surface area contributed by atoms with E-state index in [4.69, 9.17) is 0 Å². The van der Waals surface area contributed by atoms with E-state index < -0.39 is 0 Å². The molecule has 0 saturated heterocycles. The standard InChI is InChI=1S/C17H25N3O2/c1-4-11-18(12-5-2)16(21)13-20-15-10-8-7-9-14(15)19(6-3)17(20)22/h7-10H,4-6,11-13H2,1-3H3. The molecular weight excluding hydrogens is 278 g/mol. The van der Waals surface area contributed by atoms with Gasteiger partial charge in [-0.15, -0.1) is 0 Å². The van der Waals surface area contributed by atoms with Crippen LogP contribution in [-0.4, -0.2) is 33.0 Å². The maximum Gasteiger partial charge on any atom is 0.329 e. The minimum atomic E-state index is -0.106. The smallest absolute Gasteiger partial charge is 0.329 e. The Hall–Kier alpha value is -2.04. The summed E-state index contributed by atoms with van der Waals surface area (Å²) in [5.74, 6) is 0.0183. The SMILES string of the molecule is CCCN(CCC)C(=O)Cn1c(=O)n(CC)c2ccccc21. The van der Waals surface area contributed by atoms with Crippen molar-refractivity contribution in [1.82, 2.24) is 14.0 Å². The van der Waals surface area contributed by atoms with Crippen LogP contribution in [0, 0.1) is 0 Å². The summed E-state index contributed by atoms with van der Waals surface area (Å²) in [6.07, 6.45) is 1.86. The minimum absolute atomic E-state index is 0.0183. The molecule has 0 unspecified atom stereocenters. The van der Waals surface area contributed by atoms with E-state index in [-0.39, 0.29) is 18.1 Å². The second-order valence-corrected chi connectivity index (χ2v) is 5.48. The van der Waals surface area contributed by atoms with Gasteiger partial charge in [-0.3, -0.25) is 13.9 Å². The molecule has 0 N–H and O–H groups in total. The van der Waals surface area contributed by atoms with Crippen molar-refractivity contribution in [2.45, 2.75) is 46.7 Å². The Morgan fingerprint density at radius 2 is 1.55 bits per heavy atom. The number of rotatable bonds is 7. The number of carbonyl (C=O) groups is 1. The van der Waals surface area contributed by atoms with Crippen molar-refractivity contribution in [1.29, 1.82) is 0 Å². The van der Waals surface area contributed by atoms with Gasteiger partial charge in [-0.2, -0.15) is 0 Å². The van der Waals surface area contributed by atoms with Crippen LogP contribution in [0.5, 0.6) is 0 Å². The summed E-state index contributed by atoms with van der Waals surface area (Å²) in [5, 5.41) is 0. The number of aryl methyl sites for hydroxylation is 1. The number of para-hydroxylation sites is 2. The Balaban J connectivity index is 2.37. The minimum Gasteiger partial charge on any atom is -0.341 e. The zero-order valence-electron chi connectivity index (χ0n) is 13.7. The average Bonchev–Trinajstić information content (AvgIpc) is 2.79. The van der Waals surface area contributed by atoms with Crippen molar-refractivity contribution in [2.24, 2.45) is 0 Å². The first-order valence-corrected chi connectivity index (χ1v) is 8.09. The first kappa shape index (κ1) is 16.3. The number of hydrogen-bond donors (Lipinski definition) is 0. The van der Waals surface area contributed by atoms with E-state index in [9.17, 15) is 9.59 Å². The summed E-state index contributed by atoms with van der Waals surface area (Å²) in [6.45, 7) is 8.28. The Labute approximate surface area is 131 Å². The fourth-order valence-corrected chi connectivity index (χ4v) is 2.87. The third-order valence-electron chi connectivity index (χ3n) is 3.87. The second kappa shape index (κ2) is 7.29. The molecule has 1 aromatic heterocycles. The Morgan fingerprint density at radius 1 is 1.00 bits per heavy atom. The highest BCUT2D eigenvalue weighted by Gasteiger charge is 2.17. The fraction of sp³-hybridized carbons (Fsp3) is 0.529. The number of nitrogens with zero attached hydrogens (tertiary/aromatic N) is 3. The Morgan fingerprint density at radius 3 is 2.05 bits per heavy atom. The van der Waals surface area contributed by atoms with Gasteiger partial charge in [-0.05, 0) is 31.9 Å². The van der Waals surface area contributed by atoms with Gasteiger partial charge in [0.15, 0.2) is 0 Å². The van der Waals surface area contributed by atoms with Crippen molar-refractivity contribution in [3.8, 4) is 0 Å². The fourth-order valence-electron chi connectivity index (χ4n) is 2.87. The molecule has 0 aliphatic carbocycles. The molecule has 0 saturated carbocycles. The third-order valence-corrected chi connectivity index (χ3v) is 3.87. The van der Waals surface area contributed by atoms with Crippen LogP contribution in [0.3, 0.4) is 0 Å². The van der Waals surface area contributed by atoms with Gasteiger partial charge in [0, 0.05) is 19.6 Å². The van der Waals surface area contributed by atoms with Gasteiger partial charge >= 0.3 is 5.69 Å². The predicted octanol–water partition coefficient (Wildman–Crippen LogP) is 2.47. The van der Waals surface area contributed by atoms with E-state index in [0.29, 0.717) is 6.54 Å². The van der Waals surface area contributed by atoms with Crippen LogP contribution >= 0.6 is 0 Å². The van der Waals surface area contributed by atoms with E-state index in [1.165, 1.54) is 0 Å². The number of aromatic nitrogens is 2. The van der Waals surface area contributed by atoms with Crippen LogP contribution in [0.4, 0.5) is 0 Å². The molecule has 0 bridgehead atoms. The molecule has 120 valence electrons. The van der Waals surface area contributed by atoms with Crippen molar-refractivity contribution in [3.63, 3.8) is 0 Å². The maximum absolute atomic E-state index is 12.5. The Bertz CT molecular complexity index is 693. The molecule has 0 atom stereocenters. The number of hydrogen-bond acceptors (Lipinski definition) is 2. The van der Waals surface area contributed by atoms with Gasteiger partial charge in [0.25, 0.3) is 0 Å². The van der Waals surface area contributed by atoms with Crippen LogP contribution in [0.25, 0.3) is 11.0 Å². The van der Waals surface area contributed by atoms with Gasteiger partial charge in [0.1, 0.15) is 6.54 Å². The molecule has 2 rings (SSSR count). The summed E-state index contributed by atoms with van der Waals surface area (Å²) in [6, 6.07) is 7.65. The highest BCUT2D eigenvalue weighted by molar-refractivity contribution is 5.81. The van der Waals surface area contributed by atoms with E-state index in [1.807, 2.05) is 36.1 Å². The average molecular weight is 303 g/mol. The van der Waals surface area contributed by atoms with Crippen LogP contribution in [0.15, 0.2) is 29.1 Å². The summed E-state index contributed by atoms with van der Waals surface area (Å²) in [5.41, 5.74) is 1.61. The van der Waals surface area contributed by atoms with E-state index in [1.54, 1.807) is 9.13 Å². The summed E-state index contributed by atoms with van der Waals surface area (Å²) < 4.78 is 3.31. The van der Waals surface area contributed by atoms with Gasteiger partial charge in [0.2, 0.25) is 5.91 Å². The molecule has 1 aromatic carbocycles. The first-order chi connectivity index (χ1) is 10.6. The molecule has 0 spiro atoms. The quantitative estimate of drug-likeness (QED) is 0.789. The lowest BCUT2D eigenvalue weighted by atomic mass is 10.3. The molecule has 1 amide bonds. The number of amides is 1. The van der Waals surface area contributed by atoms with Crippen LogP contribution in [-0.2, 0) is 17.9 Å². The summed E-state index contributed by atoms with van der Waals surface area (Å²) in [7, 11) is 0. The molecule has 0 radical (unpaired) electrons. The van der Waals surface area contributed by atoms with Crippen molar-refractivity contribution >= 4 is 16.9 Å². The largest absolute Gasteiger partial charge is 0.341 e. The molecule has 22 heavy (non-hydrogen) atoms. The molecule has 1 heterocycles. The normalized spacial score (nSPS) is 11.0.